The molecule has 7 heteroatoms. The number of aromatic nitrogens is 1. The first kappa shape index (κ1) is 18.3. The van der Waals surface area contributed by atoms with Crippen molar-refractivity contribution in [3.8, 4) is 5.75 Å². The highest BCUT2D eigenvalue weighted by Crippen LogP contribution is 2.25. The number of hydrogen-bond acceptors (Lipinski definition) is 4. The zero-order chi connectivity index (χ0) is 18.2. The van der Waals surface area contributed by atoms with Crippen LogP contribution in [0.15, 0.2) is 53.7 Å². The van der Waals surface area contributed by atoms with Crippen molar-refractivity contribution in [2.24, 2.45) is 4.99 Å². The Morgan fingerprint density at radius 1 is 1.31 bits per heavy atom. The van der Waals surface area contributed by atoms with Gasteiger partial charge < -0.3 is 20.3 Å². The summed E-state index contributed by atoms with van der Waals surface area (Å²) in [5.74, 6) is 2.49. The number of halogens is 1. The van der Waals surface area contributed by atoms with Crippen LogP contribution in [-0.4, -0.2) is 50.3 Å². The average molecular weight is 374 g/mol. The van der Waals surface area contributed by atoms with E-state index in [4.69, 9.17) is 16.3 Å². The van der Waals surface area contributed by atoms with Gasteiger partial charge in [0, 0.05) is 32.4 Å². The third-order valence-corrected chi connectivity index (χ3v) is 4.49. The normalized spacial score (nSPS) is 17.2. The number of hydrogen-bond donors (Lipinski definition) is 2. The molecule has 1 saturated heterocycles. The lowest BCUT2D eigenvalue weighted by molar-refractivity contribution is 0.321. The summed E-state index contributed by atoms with van der Waals surface area (Å²) in [5, 5.41) is 7.43. The van der Waals surface area contributed by atoms with Crippen LogP contribution in [0.5, 0.6) is 5.75 Å². The third kappa shape index (κ3) is 5.02. The predicted molar refractivity (Wildman–Crippen MR) is 106 cm³/mol. The molecule has 1 fully saturated rings. The van der Waals surface area contributed by atoms with Crippen molar-refractivity contribution in [3.05, 3.63) is 53.7 Å². The van der Waals surface area contributed by atoms with Gasteiger partial charge >= 0.3 is 0 Å². The van der Waals surface area contributed by atoms with Crippen LogP contribution in [-0.2, 0) is 0 Å². The topological polar surface area (TPSA) is 61.8 Å². The molecule has 0 bridgehead atoms. The van der Waals surface area contributed by atoms with Crippen molar-refractivity contribution in [2.45, 2.75) is 12.5 Å². The van der Waals surface area contributed by atoms with Crippen molar-refractivity contribution in [3.63, 3.8) is 0 Å². The zero-order valence-electron chi connectivity index (χ0n) is 14.9. The number of ether oxygens (including phenoxy) is 1. The minimum atomic E-state index is 0.300. The van der Waals surface area contributed by atoms with Gasteiger partial charge in [-0.05, 0) is 30.7 Å². The van der Waals surface area contributed by atoms with Crippen molar-refractivity contribution in [2.75, 3.05) is 38.2 Å². The van der Waals surface area contributed by atoms with Gasteiger partial charge in [0.15, 0.2) is 5.96 Å². The van der Waals surface area contributed by atoms with Crippen LogP contribution in [0, 0.1) is 0 Å². The molecule has 3 rings (SSSR count). The van der Waals surface area contributed by atoms with E-state index >= 15 is 0 Å². The molecule has 1 atom stereocenters. The lowest BCUT2D eigenvalue weighted by atomic mass is 10.3. The molecule has 0 aliphatic carbocycles. The van der Waals surface area contributed by atoms with Gasteiger partial charge in [-0.3, -0.25) is 4.99 Å². The number of guanidine groups is 1. The third-order valence-electron chi connectivity index (χ3n) is 4.20. The van der Waals surface area contributed by atoms with Gasteiger partial charge in [-0.1, -0.05) is 29.8 Å². The molecule has 1 aliphatic rings. The van der Waals surface area contributed by atoms with E-state index in [9.17, 15) is 0 Å². The Balaban J connectivity index is 1.42. The summed E-state index contributed by atoms with van der Waals surface area (Å²) in [6.45, 7) is 3.02. The number of para-hydroxylation sites is 1. The van der Waals surface area contributed by atoms with E-state index in [1.54, 1.807) is 13.2 Å². The summed E-state index contributed by atoms with van der Waals surface area (Å²) in [7, 11) is 1.77. The van der Waals surface area contributed by atoms with E-state index in [-0.39, 0.29) is 0 Å². The highest BCUT2D eigenvalue weighted by atomic mass is 35.5. The Bertz CT molecular complexity index is 725. The van der Waals surface area contributed by atoms with Crippen LogP contribution < -0.4 is 20.3 Å². The standard InChI is InChI=1S/C19H24ClN5O/c1-21-19(23-11-13-26-16-6-3-2-4-7-16)24-15-9-12-25(14-15)18-17(20)8-5-10-22-18/h2-8,10,15H,9,11-14H2,1H3,(H2,21,23,24). The smallest absolute Gasteiger partial charge is 0.191 e. The monoisotopic (exact) mass is 373 g/mol. The molecule has 0 amide bonds. The zero-order valence-corrected chi connectivity index (χ0v) is 15.6. The highest BCUT2D eigenvalue weighted by Gasteiger charge is 2.25. The molecule has 6 nitrogen and oxygen atoms in total. The van der Waals surface area contributed by atoms with Gasteiger partial charge in [-0.2, -0.15) is 0 Å². The number of nitrogens with zero attached hydrogens (tertiary/aromatic N) is 3. The molecule has 26 heavy (non-hydrogen) atoms. The van der Waals surface area contributed by atoms with Crippen LogP contribution in [0.3, 0.4) is 0 Å². The molecule has 2 heterocycles. The summed E-state index contributed by atoms with van der Waals surface area (Å²) in [6, 6.07) is 13.8. The van der Waals surface area contributed by atoms with E-state index in [1.165, 1.54) is 0 Å². The maximum absolute atomic E-state index is 6.25. The summed E-state index contributed by atoms with van der Waals surface area (Å²) in [6.07, 6.45) is 2.78. The summed E-state index contributed by atoms with van der Waals surface area (Å²) < 4.78 is 5.68. The number of pyridine rings is 1. The Morgan fingerprint density at radius 2 is 2.15 bits per heavy atom. The van der Waals surface area contributed by atoms with Crippen molar-refractivity contribution >= 4 is 23.4 Å². The quantitative estimate of drug-likeness (QED) is 0.463. The molecule has 138 valence electrons. The predicted octanol–water partition coefficient (Wildman–Crippen LogP) is 2.56. The molecule has 1 aromatic heterocycles. The van der Waals surface area contributed by atoms with Crippen molar-refractivity contribution < 1.29 is 4.74 Å². The number of benzene rings is 1. The van der Waals surface area contributed by atoms with E-state index < -0.39 is 0 Å². The fraction of sp³-hybridized carbons (Fsp3) is 0.368. The SMILES string of the molecule is CN=C(NCCOc1ccccc1)NC1CCN(c2ncccc2Cl)C1. The molecule has 2 aromatic rings. The first-order valence-electron chi connectivity index (χ1n) is 8.77. The van der Waals surface area contributed by atoms with Crippen LogP contribution in [0.1, 0.15) is 6.42 Å². The summed E-state index contributed by atoms with van der Waals surface area (Å²) in [4.78, 5) is 10.9. The van der Waals surface area contributed by atoms with Gasteiger partial charge in [0.25, 0.3) is 0 Å². The summed E-state index contributed by atoms with van der Waals surface area (Å²) in [5.41, 5.74) is 0. The number of anilines is 1. The fourth-order valence-electron chi connectivity index (χ4n) is 2.92. The minimum Gasteiger partial charge on any atom is -0.492 e. The largest absolute Gasteiger partial charge is 0.492 e. The van der Waals surface area contributed by atoms with Crippen molar-refractivity contribution in [1.29, 1.82) is 0 Å². The summed E-state index contributed by atoms with van der Waals surface area (Å²) >= 11 is 6.25. The number of aliphatic imine (C=N–C) groups is 1. The van der Waals surface area contributed by atoms with Gasteiger partial charge in [0.2, 0.25) is 0 Å². The molecular weight excluding hydrogens is 350 g/mol. The van der Waals surface area contributed by atoms with Crippen LogP contribution in [0.2, 0.25) is 5.02 Å². The van der Waals surface area contributed by atoms with E-state index in [0.717, 1.165) is 37.0 Å². The van der Waals surface area contributed by atoms with Crippen molar-refractivity contribution in [1.82, 2.24) is 15.6 Å². The number of nitrogens with one attached hydrogen (secondary N) is 2. The fourth-order valence-corrected chi connectivity index (χ4v) is 3.16. The highest BCUT2D eigenvalue weighted by molar-refractivity contribution is 6.32. The maximum atomic E-state index is 6.25. The van der Waals surface area contributed by atoms with Gasteiger partial charge in [-0.25, -0.2) is 4.98 Å². The first-order valence-corrected chi connectivity index (χ1v) is 9.14. The molecule has 2 N–H and O–H groups in total. The Morgan fingerprint density at radius 3 is 2.92 bits per heavy atom. The molecule has 0 saturated carbocycles. The lowest BCUT2D eigenvalue weighted by Gasteiger charge is -2.20. The average Bonchev–Trinajstić information content (AvgIpc) is 3.13. The van der Waals surface area contributed by atoms with E-state index in [1.807, 2.05) is 42.5 Å². The second-order valence-electron chi connectivity index (χ2n) is 6.05. The van der Waals surface area contributed by atoms with E-state index in [0.29, 0.717) is 24.2 Å². The molecule has 1 aromatic carbocycles. The van der Waals surface area contributed by atoms with Gasteiger partial charge in [-0.15, -0.1) is 0 Å². The first-order chi connectivity index (χ1) is 12.8. The van der Waals surface area contributed by atoms with Gasteiger partial charge in [0.05, 0.1) is 11.6 Å². The lowest BCUT2D eigenvalue weighted by Crippen LogP contribution is -2.45. The maximum Gasteiger partial charge on any atom is 0.191 e. The second-order valence-corrected chi connectivity index (χ2v) is 6.45. The molecule has 0 radical (unpaired) electrons. The van der Waals surface area contributed by atoms with Crippen LogP contribution in [0.25, 0.3) is 0 Å². The molecule has 0 spiro atoms. The number of rotatable bonds is 6. The van der Waals surface area contributed by atoms with Gasteiger partial charge in [0.1, 0.15) is 18.2 Å². The molecular formula is C19H24ClN5O. The Kier molecular flexibility index (Phi) is 6.55. The second kappa shape index (κ2) is 9.29. The Hall–Kier alpha value is -2.47. The minimum absolute atomic E-state index is 0.300. The van der Waals surface area contributed by atoms with Crippen LogP contribution in [0.4, 0.5) is 5.82 Å². The van der Waals surface area contributed by atoms with Crippen LogP contribution >= 0.6 is 11.6 Å². The van der Waals surface area contributed by atoms with E-state index in [2.05, 4.69) is 25.5 Å². The molecule has 1 aliphatic heterocycles. The molecule has 1 unspecified atom stereocenters. The Labute approximate surface area is 159 Å².